The van der Waals surface area contributed by atoms with Crippen molar-refractivity contribution < 1.29 is 22.7 Å². The molecule has 0 saturated carbocycles. The van der Waals surface area contributed by atoms with Crippen molar-refractivity contribution in [3.05, 3.63) is 23.8 Å². The fraction of sp³-hybridized carbons (Fsp3) is 0.462. The fourth-order valence-electron chi connectivity index (χ4n) is 2.35. The molecule has 7 heteroatoms. The predicted octanol–water partition coefficient (Wildman–Crippen LogP) is 2.13. The maximum absolute atomic E-state index is 12.0. The highest BCUT2D eigenvalue weighted by molar-refractivity contribution is 5.97. The highest BCUT2D eigenvalue weighted by atomic mass is 19.4. The number of benzene rings is 1. The molecule has 0 aromatic heterocycles. The van der Waals surface area contributed by atoms with Gasteiger partial charge in [0.25, 0.3) is 5.91 Å². The highest BCUT2D eigenvalue weighted by Crippen LogP contribution is 2.33. The standard InChI is InChI=1S/C13H15F3N2O2/c1-8-4-9-5-10(17)2-3-11(9)18(8)12(19)6-20-7-13(14,15)16/h2-3,5,8H,4,6-7,17H2,1H3. The molecule has 1 aliphatic heterocycles. The van der Waals surface area contributed by atoms with E-state index in [1.807, 2.05) is 6.92 Å². The molecule has 2 N–H and O–H groups in total. The Morgan fingerprint density at radius 1 is 1.50 bits per heavy atom. The van der Waals surface area contributed by atoms with E-state index in [4.69, 9.17) is 5.73 Å². The average molecular weight is 288 g/mol. The number of carbonyl (C=O) groups excluding carboxylic acids is 1. The third-order valence-electron chi connectivity index (χ3n) is 3.08. The number of anilines is 2. The minimum absolute atomic E-state index is 0.117. The molecule has 0 bridgehead atoms. The number of ether oxygens (including phenoxy) is 1. The van der Waals surface area contributed by atoms with Crippen molar-refractivity contribution in [3.63, 3.8) is 0 Å². The summed E-state index contributed by atoms with van der Waals surface area (Å²) < 4.78 is 40.4. The summed E-state index contributed by atoms with van der Waals surface area (Å²) in [5.41, 5.74) is 7.87. The van der Waals surface area contributed by atoms with Gasteiger partial charge in [-0.25, -0.2) is 0 Å². The van der Waals surface area contributed by atoms with Gasteiger partial charge in [-0.05, 0) is 37.1 Å². The van der Waals surface area contributed by atoms with E-state index >= 15 is 0 Å². The average Bonchev–Trinajstić information content (AvgIpc) is 2.62. The maximum Gasteiger partial charge on any atom is 0.411 e. The van der Waals surface area contributed by atoms with Crippen LogP contribution in [0, 0.1) is 0 Å². The van der Waals surface area contributed by atoms with Gasteiger partial charge in [0.2, 0.25) is 0 Å². The number of halogens is 3. The third kappa shape index (κ3) is 3.22. The lowest BCUT2D eigenvalue weighted by Crippen LogP contribution is -2.39. The molecule has 0 aliphatic carbocycles. The van der Waals surface area contributed by atoms with Gasteiger partial charge in [-0.2, -0.15) is 13.2 Å². The molecule has 1 atom stereocenters. The van der Waals surface area contributed by atoms with E-state index in [1.54, 1.807) is 18.2 Å². The molecule has 4 nitrogen and oxygen atoms in total. The van der Waals surface area contributed by atoms with Crippen LogP contribution >= 0.6 is 0 Å². The Bertz CT molecular complexity index is 517. The first kappa shape index (κ1) is 14.6. The van der Waals surface area contributed by atoms with Crippen LogP contribution in [-0.4, -0.2) is 31.3 Å². The zero-order valence-corrected chi connectivity index (χ0v) is 10.9. The Hall–Kier alpha value is -1.76. The van der Waals surface area contributed by atoms with Gasteiger partial charge in [0, 0.05) is 17.4 Å². The van der Waals surface area contributed by atoms with Gasteiger partial charge in [0.1, 0.15) is 13.2 Å². The number of hydrogen-bond acceptors (Lipinski definition) is 3. The predicted molar refractivity (Wildman–Crippen MR) is 68.4 cm³/mol. The number of nitrogen functional groups attached to an aromatic ring is 1. The van der Waals surface area contributed by atoms with Crippen molar-refractivity contribution in [2.45, 2.75) is 25.6 Å². The molecule has 1 aliphatic rings. The van der Waals surface area contributed by atoms with Crippen molar-refractivity contribution >= 4 is 17.3 Å². The van der Waals surface area contributed by atoms with Crippen molar-refractivity contribution in [2.75, 3.05) is 23.8 Å². The summed E-state index contributed by atoms with van der Waals surface area (Å²) in [4.78, 5) is 13.5. The van der Waals surface area contributed by atoms with Crippen LogP contribution in [0.15, 0.2) is 18.2 Å². The van der Waals surface area contributed by atoms with Crippen LogP contribution in [0.1, 0.15) is 12.5 Å². The van der Waals surface area contributed by atoms with Crippen LogP contribution < -0.4 is 10.6 Å². The van der Waals surface area contributed by atoms with Gasteiger partial charge in [-0.3, -0.25) is 4.79 Å². The summed E-state index contributed by atoms with van der Waals surface area (Å²) in [6.45, 7) is -0.179. The Morgan fingerprint density at radius 3 is 2.85 bits per heavy atom. The SMILES string of the molecule is CC1Cc2cc(N)ccc2N1C(=O)COCC(F)(F)F. The molecule has 1 unspecified atom stereocenters. The summed E-state index contributed by atoms with van der Waals surface area (Å²) in [7, 11) is 0. The molecular formula is C13H15F3N2O2. The molecule has 0 spiro atoms. The van der Waals surface area contributed by atoms with Crippen LogP contribution in [-0.2, 0) is 16.0 Å². The van der Waals surface area contributed by atoms with Crippen molar-refractivity contribution in [2.24, 2.45) is 0 Å². The first-order valence-electron chi connectivity index (χ1n) is 6.13. The summed E-state index contributed by atoms with van der Waals surface area (Å²) >= 11 is 0. The molecule has 1 aromatic carbocycles. The Kier molecular flexibility index (Phi) is 3.89. The van der Waals surface area contributed by atoms with Crippen LogP contribution in [0.5, 0.6) is 0 Å². The van der Waals surface area contributed by atoms with Crippen molar-refractivity contribution in [1.29, 1.82) is 0 Å². The van der Waals surface area contributed by atoms with Gasteiger partial charge in [0.15, 0.2) is 0 Å². The molecule has 110 valence electrons. The third-order valence-corrected chi connectivity index (χ3v) is 3.08. The monoisotopic (exact) mass is 288 g/mol. The molecule has 0 fully saturated rings. The summed E-state index contributed by atoms with van der Waals surface area (Å²) in [5, 5.41) is 0. The van der Waals surface area contributed by atoms with E-state index in [0.29, 0.717) is 17.8 Å². The molecular weight excluding hydrogens is 273 g/mol. The maximum atomic E-state index is 12.0. The molecule has 0 saturated heterocycles. The lowest BCUT2D eigenvalue weighted by atomic mass is 10.1. The second-order valence-corrected chi connectivity index (χ2v) is 4.81. The Morgan fingerprint density at radius 2 is 2.20 bits per heavy atom. The second-order valence-electron chi connectivity index (χ2n) is 4.81. The zero-order valence-electron chi connectivity index (χ0n) is 10.9. The van der Waals surface area contributed by atoms with Crippen LogP contribution in [0.25, 0.3) is 0 Å². The van der Waals surface area contributed by atoms with E-state index in [-0.39, 0.29) is 6.04 Å². The first-order chi connectivity index (χ1) is 9.28. The second kappa shape index (κ2) is 5.32. The quantitative estimate of drug-likeness (QED) is 0.867. The number of fused-ring (bicyclic) bond motifs is 1. The van der Waals surface area contributed by atoms with Gasteiger partial charge < -0.3 is 15.4 Å². The smallest absolute Gasteiger partial charge is 0.399 e. The molecule has 1 amide bonds. The molecule has 1 heterocycles. The first-order valence-corrected chi connectivity index (χ1v) is 6.13. The van der Waals surface area contributed by atoms with E-state index in [9.17, 15) is 18.0 Å². The number of rotatable bonds is 3. The number of alkyl halides is 3. The summed E-state index contributed by atoms with van der Waals surface area (Å²) in [5.74, 6) is -0.481. The summed E-state index contributed by atoms with van der Waals surface area (Å²) in [6.07, 6.45) is -3.80. The lowest BCUT2D eigenvalue weighted by Gasteiger charge is -2.22. The number of carbonyl (C=O) groups is 1. The van der Waals surface area contributed by atoms with Gasteiger partial charge >= 0.3 is 6.18 Å². The zero-order chi connectivity index (χ0) is 14.9. The Balaban J connectivity index is 2.04. The summed E-state index contributed by atoms with van der Waals surface area (Å²) in [6, 6.07) is 5.02. The molecule has 2 rings (SSSR count). The largest absolute Gasteiger partial charge is 0.411 e. The van der Waals surface area contributed by atoms with Gasteiger partial charge in [-0.1, -0.05) is 0 Å². The van der Waals surface area contributed by atoms with Crippen molar-refractivity contribution in [3.8, 4) is 0 Å². The van der Waals surface area contributed by atoms with E-state index in [1.165, 1.54) is 4.90 Å². The number of amides is 1. The van der Waals surface area contributed by atoms with Gasteiger partial charge in [-0.15, -0.1) is 0 Å². The highest BCUT2D eigenvalue weighted by Gasteiger charge is 2.32. The normalized spacial score (nSPS) is 18.2. The number of nitrogens with two attached hydrogens (primary N) is 1. The number of nitrogens with zero attached hydrogens (tertiary/aromatic N) is 1. The molecule has 0 radical (unpaired) electrons. The van der Waals surface area contributed by atoms with Crippen LogP contribution in [0.3, 0.4) is 0 Å². The topological polar surface area (TPSA) is 55.6 Å². The minimum Gasteiger partial charge on any atom is -0.399 e. The van der Waals surface area contributed by atoms with Crippen LogP contribution in [0.4, 0.5) is 24.5 Å². The Labute approximate surface area is 114 Å². The van der Waals surface area contributed by atoms with E-state index in [2.05, 4.69) is 4.74 Å². The number of hydrogen-bond donors (Lipinski definition) is 1. The molecule has 1 aromatic rings. The van der Waals surface area contributed by atoms with Crippen LogP contribution in [0.2, 0.25) is 0 Å². The van der Waals surface area contributed by atoms with E-state index in [0.717, 1.165) is 5.56 Å². The minimum atomic E-state index is -4.43. The van der Waals surface area contributed by atoms with Crippen molar-refractivity contribution in [1.82, 2.24) is 0 Å². The lowest BCUT2D eigenvalue weighted by molar-refractivity contribution is -0.175. The van der Waals surface area contributed by atoms with Gasteiger partial charge in [0.05, 0.1) is 0 Å². The fourth-order valence-corrected chi connectivity index (χ4v) is 2.35. The van der Waals surface area contributed by atoms with E-state index < -0.39 is 25.3 Å². The molecule has 20 heavy (non-hydrogen) atoms.